The van der Waals surface area contributed by atoms with Crippen LogP contribution in [0.2, 0.25) is 0 Å². The summed E-state index contributed by atoms with van der Waals surface area (Å²) < 4.78 is 0. The van der Waals surface area contributed by atoms with E-state index in [-0.39, 0.29) is 5.91 Å². The zero-order valence-corrected chi connectivity index (χ0v) is 12.0. The zero-order valence-electron chi connectivity index (χ0n) is 12.0. The lowest BCUT2D eigenvalue weighted by Crippen LogP contribution is -2.36. The molecule has 0 radical (unpaired) electrons. The number of benzene rings is 1. The van der Waals surface area contributed by atoms with Crippen molar-refractivity contribution in [3.63, 3.8) is 0 Å². The molecule has 1 rings (SSSR count). The lowest BCUT2D eigenvalue weighted by atomic mass is 10.2. The van der Waals surface area contributed by atoms with Gasteiger partial charge >= 0.3 is 0 Å². The molecule has 19 heavy (non-hydrogen) atoms. The van der Waals surface area contributed by atoms with Gasteiger partial charge in [0.25, 0.3) is 0 Å². The summed E-state index contributed by atoms with van der Waals surface area (Å²) in [5.41, 5.74) is 6.64. The van der Waals surface area contributed by atoms with Crippen LogP contribution in [0.25, 0.3) is 0 Å². The normalized spacial score (nSPS) is 10.7. The van der Waals surface area contributed by atoms with Gasteiger partial charge in [0.2, 0.25) is 5.91 Å². The van der Waals surface area contributed by atoms with Crippen molar-refractivity contribution in [1.82, 2.24) is 9.80 Å². The van der Waals surface area contributed by atoms with Gasteiger partial charge in [0.05, 0.1) is 0 Å². The van der Waals surface area contributed by atoms with E-state index >= 15 is 0 Å². The van der Waals surface area contributed by atoms with Crippen LogP contribution in [0.1, 0.15) is 18.4 Å². The second-order valence-corrected chi connectivity index (χ2v) is 5.00. The summed E-state index contributed by atoms with van der Waals surface area (Å²) in [4.78, 5) is 16.2. The third-order valence-corrected chi connectivity index (χ3v) is 2.98. The van der Waals surface area contributed by atoms with Crippen LogP contribution in [-0.2, 0) is 11.3 Å². The Hall–Kier alpha value is -1.39. The van der Waals surface area contributed by atoms with Crippen molar-refractivity contribution in [2.75, 3.05) is 33.7 Å². The van der Waals surface area contributed by atoms with Crippen molar-refractivity contribution in [3.8, 4) is 0 Å². The SMILES string of the molecule is CN(C)CCN(Cc1ccccc1)C(=O)CCCN. The first-order chi connectivity index (χ1) is 9.13. The second kappa shape index (κ2) is 8.67. The molecule has 4 nitrogen and oxygen atoms in total. The average molecular weight is 263 g/mol. The van der Waals surface area contributed by atoms with E-state index < -0.39 is 0 Å². The molecule has 0 saturated heterocycles. The molecule has 0 aliphatic carbocycles. The molecule has 0 aromatic heterocycles. The number of hydrogen-bond acceptors (Lipinski definition) is 3. The molecule has 0 aliphatic rings. The minimum absolute atomic E-state index is 0.191. The monoisotopic (exact) mass is 263 g/mol. The predicted octanol–water partition coefficient (Wildman–Crippen LogP) is 1.32. The Morgan fingerprint density at radius 1 is 1.16 bits per heavy atom. The first kappa shape index (κ1) is 15.7. The Kier molecular flexibility index (Phi) is 7.15. The van der Waals surface area contributed by atoms with E-state index in [1.54, 1.807) is 0 Å². The van der Waals surface area contributed by atoms with E-state index in [1.165, 1.54) is 5.56 Å². The van der Waals surface area contributed by atoms with Gasteiger partial charge in [-0.05, 0) is 32.6 Å². The van der Waals surface area contributed by atoms with E-state index in [9.17, 15) is 4.79 Å². The van der Waals surface area contributed by atoms with Crippen LogP contribution in [0.5, 0.6) is 0 Å². The van der Waals surface area contributed by atoms with Gasteiger partial charge in [-0.1, -0.05) is 30.3 Å². The van der Waals surface area contributed by atoms with E-state index in [4.69, 9.17) is 5.73 Å². The van der Waals surface area contributed by atoms with Gasteiger partial charge in [0.1, 0.15) is 0 Å². The number of hydrogen-bond donors (Lipinski definition) is 1. The molecule has 1 amide bonds. The topological polar surface area (TPSA) is 49.6 Å². The molecule has 1 aromatic carbocycles. The fourth-order valence-corrected chi connectivity index (χ4v) is 1.83. The van der Waals surface area contributed by atoms with Gasteiger partial charge in [0, 0.05) is 26.1 Å². The molecule has 106 valence electrons. The highest BCUT2D eigenvalue weighted by atomic mass is 16.2. The zero-order chi connectivity index (χ0) is 14.1. The second-order valence-electron chi connectivity index (χ2n) is 5.00. The van der Waals surface area contributed by atoms with E-state index in [2.05, 4.69) is 17.0 Å². The van der Waals surface area contributed by atoms with Crippen LogP contribution in [0.4, 0.5) is 0 Å². The predicted molar refractivity (Wildman–Crippen MR) is 78.7 cm³/mol. The summed E-state index contributed by atoms with van der Waals surface area (Å²) in [5, 5.41) is 0. The number of nitrogens with zero attached hydrogens (tertiary/aromatic N) is 2. The van der Waals surface area contributed by atoms with Gasteiger partial charge in [-0.25, -0.2) is 0 Å². The van der Waals surface area contributed by atoms with Crippen molar-refractivity contribution in [2.45, 2.75) is 19.4 Å². The van der Waals surface area contributed by atoms with Crippen LogP contribution in [-0.4, -0.2) is 49.4 Å². The largest absolute Gasteiger partial charge is 0.337 e. The van der Waals surface area contributed by atoms with Crippen molar-refractivity contribution in [3.05, 3.63) is 35.9 Å². The summed E-state index contributed by atoms with van der Waals surface area (Å²) in [6.45, 7) is 2.88. The third kappa shape index (κ3) is 6.36. The van der Waals surface area contributed by atoms with E-state index in [0.29, 0.717) is 19.5 Å². The van der Waals surface area contributed by atoms with Crippen LogP contribution >= 0.6 is 0 Å². The van der Waals surface area contributed by atoms with E-state index in [1.807, 2.05) is 37.2 Å². The molecule has 0 fully saturated rings. The summed E-state index contributed by atoms with van der Waals surface area (Å²) in [7, 11) is 4.04. The quantitative estimate of drug-likeness (QED) is 0.769. The average Bonchev–Trinajstić information content (AvgIpc) is 2.41. The molecular weight excluding hydrogens is 238 g/mol. The summed E-state index contributed by atoms with van der Waals surface area (Å²) in [6.07, 6.45) is 1.29. The maximum absolute atomic E-state index is 12.2. The molecule has 1 aromatic rings. The fraction of sp³-hybridized carbons (Fsp3) is 0.533. The first-order valence-electron chi connectivity index (χ1n) is 6.80. The maximum Gasteiger partial charge on any atom is 0.222 e. The molecule has 0 saturated carbocycles. The summed E-state index contributed by atoms with van der Waals surface area (Å²) in [6, 6.07) is 10.1. The van der Waals surface area contributed by atoms with Gasteiger partial charge in [-0.3, -0.25) is 4.79 Å². The molecule has 0 aliphatic heterocycles. The standard InChI is InChI=1S/C15H25N3O/c1-17(2)11-12-18(15(19)9-6-10-16)13-14-7-4-3-5-8-14/h3-5,7-8H,6,9-13,16H2,1-2H3. The highest BCUT2D eigenvalue weighted by molar-refractivity contribution is 5.76. The molecule has 0 heterocycles. The van der Waals surface area contributed by atoms with Crippen molar-refractivity contribution in [1.29, 1.82) is 0 Å². The van der Waals surface area contributed by atoms with Crippen LogP contribution in [0.3, 0.4) is 0 Å². The molecular formula is C15H25N3O. The van der Waals surface area contributed by atoms with Crippen molar-refractivity contribution >= 4 is 5.91 Å². The molecule has 4 heteroatoms. The highest BCUT2D eigenvalue weighted by Gasteiger charge is 2.13. The van der Waals surface area contributed by atoms with Gasteiger partial charge in [-0.2, -0.15) is 0 Å². The summed E-state index contributed by atoms with van der Waals surface area (Å²) >= 11 is 0. The number of nitrogens with two attached hydrogens (primary N) is 1. The Morgan fingerprint density at radius 3 is 2.42 bits per heavy atom. The maximum atomic E-state index is 12.2. The molecule has 0 spiro atoms. The lowest BCUT2D eigenvalue weighted by molar-refractivity contribution is -0.132. The minimum Gasteiger partial charge on any atom is -0.337 e. The van der Waals surface area contributed by atoms with Crippen LogP contribution < -0.4 is 5.73 Å². The summed E-state index contributed by atoms with van der Waals surface area (Å²) in [5.74, 6) is 0.191. The highest BCUT2D eigenvalue weighted by Crippen LogP contribution is 2.07. The number of rotatable bonds is 8. The molecule has 2 N–H and O–H groups in total. The molecule has 0 bridgehead atoms. The third-order valence-electron chi connectivity index (χ3n) is 2.98. The Bertz CT molecular complexity index is 365. The number of carbonyl (C=O) groups is 1. The fourth-order valence-electron chi connectivity index (χ4n) is 1.83. The molecule has 0 atom stereocenters. The van der Waals surface area contributed by atoms with Gasteiger partial charge < -0.3 is 15.5 Å². The smallest absolute Gasteiger partial charge is 0.222 e. The molecule has 0 unspecified atom stereocenters. The van der Waals surface area contributed by atoms with E-state index in [0.717, 1.165) is 19.5 Å². The van der Waals surface area contributed by atoms with Crippen molar-refractivity contribution in [2.24, 2.45) is 5.73 Å². The van der Waals surface area contributed by atoms with Crippen LogP contribution in [0, 0.1) is 0 Å². The van der Waals surface area contributed by atoms with Gasteiger partial charge in [-0.15, -0.1) is 0 Å². The Labute approximate surface area is 116 Å². The van der Waals surface area contributed by atoms with Gasteiger partial charge in [0.15, 0.2) is 0 Å². The van der Waals surface area contributed by atoms with Crippen molar-refractivity contribution < 1.29 is 4.79 Å². The first-order valence-corrected chi connectivity index (χ1v) is 6.80. The van der Waals surface area contributed by atoms with Crippen LogP contribution in [0.15, 0.2) is 30.3 Å². The number of amides is 1. The minimum atomic E-state index is 0.191. The number of likely N-dealkylation sites (N-methyl/N-ethyl adjacent to an activating group) is 1. The Balaban J connectivity index is 2.60. The Morgan fingerprint density at radius 2 is 1.84 bits per heavy atom. The number of carbonyl (C=O) groups excluding carboxylic acids is 1. The lowest BCUT2D eigenvalue weighted by Gasteiger charge is -2.24.